The number of ether oxygens (including phenoxy) is 4. The Balaban J connectivity index is 1.44. The number of rotatable bonds is 11. The SMILES string of the molecule is CS[C@H]1O[C@H](COCc2ccccc2)[C@@H](O)[C@H](OCc2ccccc2)[C@H]1OCc1ccccc1. The van der Waals surface area contributed by atoms with Gasteiger partial charge in [0.2, 0.25) is 0 Å². The molecule has 5 nitrogen and oxygen atoms in total. The fraction of sp³-hybridized carbons (Fsp3) is 0.357. The van der Waals surface area contributed by atoms with E-state index in [4.69, 9.17) is 18.9 Å². The second-order valence-electron chi connectivity index (χ2n) is 8.29. The fourth-order valence-electron chi connectivity index (χ4n) is 3.99. The molecule has 1 aliphatic heterocycles. The Morgan fingerprint density at radius 1 is 0.706 bits per heavy atom. The number of hydrogen-bond donors (Lipinski definition) is 1. The van der Waals surface area contributed by atoms with Gasteiger partial charge < -0.3 is 24.1 Å². The Labute approximate surface area is 206 Å². The summed E-state index contributed by atoms with van der Waals surface area (Å²) in [5, 5.41) is 11.3. The van der Waals surface area contributed by atoms with Gasteiger partial charge in [-0.15, -0.1) is 11.8 Å². The van der Waals surface area contributed by atoms with Gasteiger partial charge in [0.1, 0.15) is 29.9 Å². The summed E-state index contributed by atoms with van der Waals surface area (Å²) in [7, 11) is 0. The van der Waals surface area contributed by atoms with Crippen LogP contribution >= 0.6 is 11.8 Å². The molecule has 0 bridgehead atoms. The van der Waals surface area contributed by atoms with E-state index in [0.29, 0.717) is 19.8 Å². The second-order valence-corrected chi connectivity index (χ2v) is 9.23. The van der Waals surface area contributed by atoms with Crippen molar-refractivity contribution in [3.05, 3.63) is 108 Å². The number of aliphatic hydroxyl groups excluding tert-OH is 1. The molecule has 4 rings (SSSR count). The summed E-state index contributed by atoms with van der Waals surface area (Å²) >= 11 is 1.56. The van der Waals surface area contributed by atoms with Crippen molar-refractivity contribution in [2.75, 3.05) is 12.9 Å². The average molecular weight is 481 g/mol. The first-order valence-corrected chi connectivity index (χ1v) is 12.8. The number of thioether (sulfide) groups is 1. The minimum Gasteiger partial charge on any atom is -0.387 e. The molecule has 0 spiro atoms. The summed E-state index contributed by atoms with van der Waals surface area (Å²) in [5.74, 6) is 0. The van der Waals surface area contributed by atoms with Crippen LogP contribution in [0.2, 0.25) is 0 Å². The van der Waals surface area contributed by atoms with Gasteiger partial charge in [0.05, 0.1) is 26.4 Å². The molecular formula is C28H32O5S. The van der Waals surface area contributed by atoms with Gasteiger partial charge in [-0.2, -0.15) is 0 Å². The highest BCUT2D eigenvalue weighted by molar-refractivity contribution is 7.99. The standard InChI is InChI=1S/C28H32O5S/c1-34-28-27(32-19-23-15-9-4-10-16-23)26(31-18-22-13-7-3-8-14-22)25(29)24(33-28)20-30-17-21-11-5-2-6-12-21/h2-16,24-29H,17-20H2,1H3/t24-,25-,26+,27-,28-/m1/s1. The third kappa shape index (κ3) is 6.92. The lowest BCUT2D eigenvalue weighted by Crippen LogP contribution is -2.59. The minimum absolute atomic E-state index is 0.268. The third-order valence-electron chi connectivity index (χ3n) is 5.82. The molecule has 1 heterocycles. The minimum atomic E-state index is -0.886. The Hall–Kier alpha value is -2.19. The molecule has 0 unspecified atom stereocenters. The fourth-order valence-corrected chi connectivity index (χ4v) is 4.74. The van der Waals surface area contributed by atoms with E-state index in [-0.39, 0.29) is 12.0 Å². The van der Waals surface area contributed by atoms with E-state index in [2.05, 4.69) is 0 Å². The molecule has 6 heteroatoms. The molecule has 3 aromatic carbocycles. The van der Waals surface area contributed by atoms with E-state index in [9.17, 15) is 5.11 Å². The van der Waals surface area contributed by atoms with Crippen LogP contribution in [0.4, 0.5) is 0 Å². The van der Waals surface area contributed by atoms with Crippen LogP contribution in [-0.4, -0.2) is 47.8 Å². The molecule has 1 aliphatic rings. The molecule has 1 saturated heterocycles. The Kier molecular flexibility index (Phi) is 9.56. The highest BCUT2D eigenvalue weighted by Gasteiger charge is 2.46. The number of hydrogen-bond acceptors (Lipinski definition) is 6. The van der Waals surface area contributed by atoms with Crippen molar-refractivity contribution in [2.24, 2.45) is 0 Å². The van der Waals surface area contributed by atoms with E-state index in [1.165, 1.54) is 0 Å². The zero-order valence-corrected chi connectivity index (χ0v) is 20.2. The molecule has 0 aliphatic carbocycles. The van der Waals surface area contributed by atoms with Crippen LogP contribution in [-0.2, 0) is 38.8 Å². The predicted octanol–water partition coefficient (Wildman–Crippen LogP) is 4.82. The van der Waals surface area contributed by atoms with Gasteiger partial charge in [0.15, 0.2) is 0 Å². The first kappa shape index (κ1) is 24.9. The van der Waals surface area contributed by atoms with Crippen molar-refractivity contribution in [1.29, 1.82) is 0 Å². The molecule has 0 aromatic heterocycles. The molecule has 0 radical (unpaired) electrons. The van der Waals surface area contributed by atoms with Crippen LogP contribution in [0.25, 0.3) is 0 Å². The predicted molar refractivity (Wildman–Crippen MR) is 134 cm³/mol. The highest BCUT2D eigenvalue weighted by atomic mass is 32.2. The zero-order valence-electron chi connectivity index (χ0n) is 19.4. The maximum atomic E-state index is 11.3. The third-order valence-corrected chi connectivity index (χ3v) is 6.66. The molecular weight excluding hydrogens is 448 g/mol. The van der Waals surface area contributed by atoms with Crippen molar-refractivity contribution >= 4 is 11.8 Å². The molecule has 0 saturated carbocycles. The van der Waals surface area contributed by atoms with Crippen LogP contribution in [0.1, 0.15) is 16.7 Å². The van der Waals surface area contributed by atoms with Crippen molar-refractivity contribution in [3.63, 3.8) is 0 Å². The van der Waals surface area contributed by atoms with Gasteiger partial charge in [-0.3, -0.25) is 0 Å². The summed E-state index contributed by atoms with van der Waals surface area (Å²) in [6, 6.07) is 29.9. The summed E-state index contributed by atoms with van der Waals surface area (Å²) in [6.45, 7) is 1.52. The molecule has 1 N–H and O–H groups in total. The van der Waals surface area contributed by atoms with Crippen LogP contribution in [0.3, 0.4) is 0 Å². The number of benzene rings is 3. The molecule has 34 heavy (non-hydrogen) atoms. The summed E-state index contributed by atoms with van der Waals surface area (Å²) < 4.78 is 24.7. The highest BCUT2D eigenvalue weighted by Crippen LogP contribution is 2.32. The zero-order chi connectivity index (χ0) is 23.6. The smallest absolute Gasteiger partial charge is 0.132 e. The van der Waals surface area contributed by atoms with E-state index >= 15 is 0 Å². The quantitative estimate of drug-likeness (QED) is 0.425. The first-order valence-electron chi connectivity index (χ1n) is 11.5. The van der Waals surface area contributed by atoms with Crippen molar-refractivity contribution in [1.82, 2.24) is 0 Å². The molecule has 180 valence electrons. The molecule has 3 aromatic rings. The Morgan fingerprint density at radius 3 is 1.68 bits per heavy atom. The monoisotopic (exact) mass is 480 g/mol. The number of aliphatic hydroxyl groups is 1. The van der Waals surface area contributed by atoms with Gasteiger partial charge in [-0.05, 0) is 22.9 Å². The first-order chi connectivity index (χ1) is 16.7. The molecule has 5 atom stereocenters. The van der Waals surface area contributed by atoms with E-state index < -0.39 is 24.4 Å². The lowest BCUT2D eigenvalue weighted by atomic mass is 9.99. The summed E-state index contributed by atoms with van der Waals surface area (Å²) in [4.78, 5) is 0. The average Bonchev–Trinajstić information content (AvgIpc) is 2.89. The maximum Gasteiger partial charge on any atom is 0.132 e. The maximum absolute atomic E-state index is 11.3. The largest absolute Gasteiger partial charge is 0.387 e. The molecule has 0 amide bonds. The topological polar surface area (TPSA) is 57.2 Å². The normalized spacial score (nSPS) is 24.7. The van der Waals surface area contributed by atoms with Gasteiger partial charge in [-0.1, -0.05) is 91.0 Å². The second kappa shape index (κ2) is 13.0. The summed E-state index contributed by atoms with van der Waals surface area (Å²) in [5.41, 5.74) is 2.89. The van der Waals surface area contributed by atoms with Crippen molar-refractivity contribution < 1.29 is 24.1 Å². The lowest BCUT2D eigenvalue weighted by molar-refractivity contribution is -0.240. The van der Waals surface area contributed by atoms with Crippen LogP contribution in [0, 0.1) is 0 Å². The van der Waals surface area contributed by atoms with Gasteiger partial charge >= 0.3 is 0 Å². The van der Waals surface area contributed by atoms with Gasteiger partial charge in [0, 0.05) is 0 Å². The Bertz CT molecular complexity index is 956. The lowest BCUT2D eigenvalue weighted by Gasteiger charge is -2.44. The Morgan fingerprint density at radius 2 is 1.18 bits per heavy atom. The van der Waals surface area contributed by atoms with Crippen LogP contribution < -0.4 is 0 Å². The van der Waals surface area contributed by atoms with E-state index in [0.717, 1.165) is 16.7 Å². The van der Waals surface area contributed by atoms with E-state index in [1.54, 1.807) is 11.8 Å². The van der Waals surface area contributed by atoms with Gasteiger partial charge in [0.25, 0.3) is 0 Å². The summed E-state index contributed by atoms with van der Waals surface area (Å²) in [6.07, 6.45) is -0.404. The van der Waals surface area contributed by atoms with E-state index in [1.807, 2.05) is 97.3 Å². The van der Waals surface area contributed by atoms with Crippen LogP contribution in [0.5, 0.6) is 0 Å². The van der Waals surface area contributed by atoms with Crippen molar-refractivity contribution in [2.45, 2.75) is 49.7 Å². The van der Waals surface area contributed by atoms with Gasteiger partial charge in [-0.25, -0.2) is 0 Å². The molecule has 1 fully saturated rings. The van der Waals surface area contributed by atoms with Crippen LogP contribution in [0.15, 0.2) is 91.0 Å². The van der Waals surface area contributed by atoms with Crippen molar-refractivity contribution in [3.8, 4) is 0 Å².